The van der Waals surface area contributed by atoms with Crippen LogP contribution in [0.5, 0.6) is 0 Å². The summed E-state index contributed by atoms with van der Waals surface area (Å²) in [5, 5.41) is 5.62. The predicted octanol–water partition coefficient (Wildman–Crippen LogP) is 1.07. The average molecular weight is 372 g/mol. The van der Waals surface area contributed by atoms with Crippen LogP contribution in [-0.2, 0) is 23.9 Å². The van der Waals surface area contributed by atoms with Crippen molar-refractivity contribution in [1.82, 2.24) is 4.98 Å². The van der Waals surface area contributed by atoms with Crippen LogP contribution in [0.2, 0.25) is 0 Å². The Balaban J connectivity index is 2.63. The molecule has 1 rings (SSSR count). The number of thiazole rings is 1. The Bertz CT molecular complexity index is 624. The van der Waals surface area contributed by atoms with Crippen molar-refractivity contribution in [3.63, 3.8) is 0 Å². The summed E-state index contributed by atoms with van der Waals surface area (Å²) in [6.45, 7) is 7.13. The smallest absolute Gasteiger partial charge is 0.362 e. The molecule has 0 fully saturated rings. The second kappa shape index (κ2) is 9.33. The first-order valence-corrected chi connectivity index (χ1v) is 8.59. The van der Waals surface area contributed by atoms with E-state index in [-0.39, 0.29) is 31.0 Å². The third kappa shape index (κ3) is 7.48. The van der Waals surface area contributed by atoms with Gasteiger partial charge in [0.15, 0.2) is 5.13 Å². The van der Waals surface area contributed by atoms with Gasteiger partial charge in [-0.2, -0.15) is 0 Å². The number of hydrogen-bond donors (Lipinski definition) is 2. The van der Waals surface area contributed by atoms with E-state index in [0.29, 0.717) is 5.13 Å². The molecule has 9 nitrogen and oxygen atoms in total. The lowest BCUT2D eigenvalue weighted by atomic mass is 10.2. The van der Waals surface area contributed by atoms with E-state index < -0.39 is 23.6 Å². The molecule has 0 radical (unpaired) electrons. The zero-order valence-corrected chi connectivity index (χ0v) is 15.6. The van der Waals surface area contributed by atoms with Gasteiger partial charge in [-0.05, 0) is 27.7 Å². The Morgan fingerprint density at radius 1 is 1.40 bits per heavy atom. The summed E-state index contributed by atoms with van der Waals surface area (Å²) in [6.07, 6.45) is 0.174. The number of esters is 2. The van der Waals surface area contributed by atoms with Gasteiger partial charge in [0.25, 0.3) is 0 Å². The summed E-state index contributed by atoms with van der Waals surface area (Å²) in [7, 11) is 0. The van der Waals surface area contributed by atoms with E-state index >= 15 is 0 Å². The second-order valence-electron chi connectivity index (χ2n) is 5.99. The fourth-order valence-corrected chi connectivity index (χ4v) is 2.12. The van der Waals surface area contributed by atoms with Gasteiger partial charge in [0.05, 0.1) is 6.61 Å². The lowest BCUT2D eigenvalue weighted by Gasteiger charge is -2.21. The van der Waals surface area contributed by atoms with Crippen LogP contribution >= 0.6 is 11.3 Å². The minimum absolute atomic E-state index is 0.0168. The summed E-state index contributed by atoms with van der Waals surface area (Å²) in [6, 6.07) is -0.851. The Kier molecular flexibility index (Phi) is 7.78. The molecule has 0 aliphatic heterocycles. The number of ether oxygens (including phenoxy) is 2. The Morgan fingerprint density at radius 3 is 2.60 bits per heavy atom. The van der Waals surface area contributed by atoms with Gasteiger partial charge in [0, 0.05) is 11.8 Å². The van der Waals surface area contributed by atoms with Crippen molar-refractivity contribution >= 4 is 34.1 Å². The van der Waals surface area contributed by atoms with Crippen molar-refractivity contribution in [1.29, 1.82) is 0 Å². The SMILES string of the molecule is CCOC(=O)C(=NOCCC(N)C(=O)OC(C)(C)C)c1csc(N)n1. The van der Waals surface area contributed by atoms with Gasteiger partial charge >= 0.3 is 11.9 Å². The van der Waals surface area contributed by atoms with Crippen molar-refractivity contribution < 1.29 is 23.9 Å². The van der Waals surface area contributed by atoms with Crippen LogP contribution in [0.25, 0.3) is 0 Å². The van der Waals surface area contributed by atoms with Crippen LogP contribution in [0, 0.1) is 0 Å². The summed E-state index contributed by atoms with van der Waals surface area (Å²) in [5.41, 5.74) is 10.9. The number of nitrogen functional groups attached to an aromatic ring is 1. The third-order valence-corrected chi connectivity index (χ3v) is 3.29. The lowest BCUT2D eigenvalue weighted by Crippen LogP contribution is -2.38. The van der Waals surface area contributed by atoms with Crippen LogP contribution < -0.4 is 11.5 Å². The van der Waals surface area contributed by atoms with Gasteiger partial charge in [0.1, 0.15) is 23.9 Å². The lowest BCUT2D eigenvalue weighted by molar-refractivity contribution is -0.157. The minimum Gasteiger partial charge on any atom is -0.461 e. The predicted molar refractivity (Wildman–Crippen MR) is 94.1 cm³/mol. The van der Waals surface area contributed by atoms with Crippen LogP contribution in [0.1, 0.15) is 39.8 Å². The molecule has 140 valence electrons. The van der Waals surface area contributed by atoms with Crippen molar-refractivity contribution in [3.8, 4) is 0 Å². The van der Waals surface area contributed by atoms with Gasteiger partial charge in [-0.1, -0.05) is 5.16 Å². The Morgan fingerprint density at radius 2 is 2.08 bits per heavy atom. The number of nitrogens with zero attached hydrogens (tertiary/aromatic N) is 2. The fourth-order valence-electron chi connectivity index (χ4n) is 1.57. The first-order valence-electron chi connectivity index (χ1n) is 7.71. The molecule has 0 aliphatic carbocycles. The number of hydrogen-bond acceptors (Lipinski definition) is 10. The summed E-state index contributed by atoms with van der Waals surface area (Å²) < 4.78 is 10.1. The van der Waals surface area contributed by atoms with Gasteiger partial charge in [-0.3, -0.25) is 4.79 Å². The molecule has 0 amide bonds. The first-order chi connectivity index (χ1) is 11.6. The summed E-state index contributed by atoms with van der Waals surface area (Å²) in [4.78, 5) is 32.8. The molecule has 0 bridgehead atoms. The van der Waals surface area contributed by atoms with E-state index in [0.717, 1.165) is 11.3 Å². The molecule has 1 unspecified atom stereocenters. The highest BCUT2D eigenvalue weighted by molar-refractivity contribution is 7.13. The minimum atomic E-state index is -0.851. The van der Waals surface area contributed by atoms with Crippen molar-refractivity contribution in [2.75, 3.05) is 18.9 Å². The Labute approximate surface area is 150 Å². The van der Waals surface area contributed by atoms with Gasteiger partial charge < -0.3 is 25.8 Å². The largest absolute Gasteiger partial charge is 0.461 e. The molecule has 1 aromatic heterocycles. The van der Waals surface area contributed by atoms with Crippen LogP contribution in [0.15, 0.2) is 10.5 Å². The molecule has 10 heteroatoms. The number of anilines is 1. The molecule has 25 heavy (non-hydrogen) atoms. The van der Waals surface area contributed by atoms with Crippen LogP contribution in [0.3, 0.4) is 0 Å². The molecule has 1 heterocycles. The van der Waals surface area contributed by atoms with Crippen molar-refractivity contribution in [2.24, 2.45) is 10.9 Å². The molecule has 0 spiro atoms. The van der Waals surface area contributed by atoms with E-state index in [1.807, 2.05) is 0 Å². The highest BCUT2D eigenvalue weighted by Crippen LogP contribution is 2.13. The van der Waals surface area contributed by atoms with Gasteiger partial charge in [-0.15, -0.1) is 11.3 Å². The fraction of sp³-hybridized carbons (Fsp3) is 0.600. The third-order valence-electron chi connectivity index (χ3n) is 2.62. The topological polar surface area (TPSA) is 139 Å². The van der Waals surface area contributed by atoms with Crippen LogP contribution in [-0.4, -0.2) is 47.5 Å². The van der Waals surface area contributed by atoms with Gasteiger partial charge in [-0.25, -0.2) is 9.78 Å². The first kappa shape index (κ1) is 20.8. The maximum atomic E-state index is 11.9. The highest BCUT2D eigenvalue weighted by atomic mass is 32.1. The summed E-state index contributed by atoms with van der Waals surface area (Å²) >= 11 is 1.16. The quantitative estimate of drug-likeness (QED) is 0.299. The molecule has 0 aromatic carbocycles. The molecule has 1 aromatic rings. The zero-order chi connectivity index (χ0) is 19.0. The van der Waals surface area contributed by atoms with E-state index in [1.54, 1.807) is 33.1 Å². The zero-order valence-electron chi connectivity index (χ0n) is 14.8. The van der Waals surface area contributed by atoms with Crippen molar-refractivity contribution in [2.45, 2.75) is 45.8 Å². The molecule has 0 aliphatic rings. The maximum Gasteiger partial charge on any atom is 0.362 e. The average Bonchev–Trinajstić information content (AvgIpc) is 2.91. The Hall–Kier alpha value is -2.20. The van der Waals surface area contributed by atoms with Crippen molar-refractivity contribution in [3.05, 3.63) is 11.1 Å². The molecule has 1 atom stereocenters. The number of carbonyl (C=O) groups excluding carboxylic acids is 2. The van der Waals surface area contributed by atoms with Crippen LogP contribution in [0.4, 0.5) is 5.13 Å². The standard InChI is InChI=1S/C15H24N4O5S/c1-5-22-13(21)11(10-8-25-14(17)18-10)19-23-7-6-9(16)12(20)24-15(2,3)4/h8-9H,5-7,16H2,1-4H3,(H2,17,18). The monoisotopic (exact) mass is 372 g/mol. The number of carbonyl (C=O) groups is 2. The summed E-state index contributed by atoms with van der Waals surface area (Å²) in [5.74, 6) is -1.21. The van der Waals surface area contributed by atoms with E-state index in [4.69, 9.17) is 25.8 Å². The molecule has 0 saturated carbocycles. The number of aromatic nitrogens is 1. The molecule has 0 saturated heterocycles. The van der Waals surface area contributed by atoms with E-state index in [9.17, 15) is 9.59 Å². The number of oxime groups is 1. The number of nitrogens with two attached hydrogens (primary N) is 2. The highest BCUT2D eigenvalue weighted by Gasteiger charge is 2.23. The van der Waals surface area contributed by atoms with Gasteiger partial charge in [0.2, 0.25) is 5.71 Å². The number of rotatable bonds is 8. The maximum absolute atomic E-state index is 11.9. The second-order valence-corrected chi connectivity index (χ2v) is 6.88. The molecule has 4 N–H and O–H groups in total. The molecular formula is C15H24N4O5S. The normalized spacial score (nSPS) is 13.2. The molecular weight excluding hydrogens is 348 g/mol. The van der Waals surface area contributed by atoms with E-state index in [1.165, 1.54) is 0 Å². The van der Waals surface area contributed by atoms with E-state index in [2.05, 4.69) is 10.1 Å².